The van der Waals surface area contributed by atoms with Gasteiger partial charge in [-0.05, 0) is 6.07 Å². The Morgan fingerprint density at radius 3 is 2.33 bits per heavy atom. The number of halogens is 3. The highest BCUT2D eigenvalue weighted by atomic mass is 19.4. The molecule has 84 valence electrons. The fourth-order valence-corrected chi connectivity index (χ4v) is 0.962. The van der Waals surface area contributed by atoms with Crippen LogP contribution in [0.4, 0.5) is 24.7 Å². The summed E-state index contributed by atoms with van der Waals surface area (Å²) in [5.74, 6) is -1.13. The van der Waals surface area contributed by atoms with Crippen molar-refractivity contribution in [1.82, 2.24) is 4.98 Å². The summed E-state index contributed by atoms with van der Waals surface area (Å²) < 4.78 is 39.3. The van der Waals surface area contributed by atoms with E-state index in [1.807, 2.05) is 0 Å². The van der Waals surface area contributed by atoms with Crippen molar-refractivity contribution < 1.29 is 17.9 Å². The molecule has 0 aromatic carbocycles. The second-order valence-electron chi connectivity index (χ2n) is 2.67. The van der Waals surface area contributed by atoms with Gasteiger partial charge in [-0.25, -0.2) is 4.98 Å². The fourth-order valence-electron chi connectivity index (χ4n) is 0.962. The number of nitrogen functional groups attached to an aromatic ring is 2. The van der Waals surface area contributed by atoms with Crippen LogP contribution >= 0.6 is 0 Å². The topological polar surface area (TPSA) is 100 Å². The summed E-state index contributed by atoms with van der Waals surface area (Å²) in [7, 11) is 0. The van der Waals surface area contributed by atoms with Gasteiger partial charge in [-0.15, -0.1) is 13.2 Å². The zero-order valence-corrected chi connectivity index (χ0v) is 7.51. The van der Waals surface area contributed by atoms with Crippen molar-refractivity contribution in [2.75, 3.05) is 11.5 Å². The first-order chi connectivity index (χ1) is 6.83. The molecule has 0 radical (unpaired) electrons. The molecular formula is C7H9F3N4O. The minimum atomic E-state index is -4.85. The van der Waals surface area contributed by atoms with E-state index in [1.54, 1.807) is 0 Å². The van der Waals surface area contributed by atoms with Crippen LogP contribution in [0.2, 0.25) is 0 Å². The van der Waals surface area contributed by atoms with Crippen molar-refractivity contribution in [3.63, 3.8) is 0 Å². The maximum Gasteiger partial charge on any atom is 0.573 e. The zero-order valence-electron chi connectivity index (χ0n) is 7.51. The molecule has 15 heavy (non-hydrogen) atoms. The molecule has 1 aromatic rings. The Balaban J connectivity index is 3.09. The maximum atomic E-state index is 11.9. The normalized spacial score (nSPS) is 11.5. The number of nitrogens with two attached hydrogens (primary N) is 3. The number of hydrogen-bond donors (Lipinski definition) is 3. The standard InChI is InChI=1S/C7H9F3N4O/c8-7(9,10)15-5-4(12)1-3(2-11)14-6(5)13/h1H,2,11H2,(H4,12,13,14). The van der Waals surface area contributed by atoms with Gasteiger partial charge in [-0.2, -0.15) is 0 Å². The van der Waals surface area contributed by atoms with Gasteiger partial charge < -0.3 is 21.9 Å². The third-order valence-corrected chi connectivity index (χ3v) is 1.51. The van der Waals surface area contributed by atoms with Gasteiger partial charge in [0.05, 0.1) is 11.4 Å². The molecule has 6 N–H and O–H groups in total. The van der Waals surface area contributed by atoms with Crippen molar-refractivity contribution in [2.24, 2.45) is 5.73 Å². The third-order valence-electron chi connectivity index (χ3n) is 1.51. The van der Waals surface area contributed by atoms with E-state index in [9.17, 15) is 13.2 Å². The Morgan fingerprint density at radius 2 is 1.93 bits per heavy atom. The second-order valence-corrected chi connectivity index (χ2v) is 2.67. The summed E-state index contributed by atoms with van der Waals surface area (Å²) in [6, 6.07) is 1.18. The SMILES string of the molecule is NCc1cc(N)c(OC(F)(F)F)c(N)n1. The summed E-state index contributed by atoms with van der Waals surface area (Å²) in [5, 5.41) is 0. The van der Waals surface area contributed by atoms with E-state index in [1.165, 1.54) is 6.07 Å². The van der Waals surface area contributed by atoms with Gasteiger partial charge in [0.15, 0.2) is 11.6 Å². The Labute approximate surface area is 83.0 Å². The summed E-state index contributed by atoms with van der Waals surface area (Å²) in [5.41, 5.74) is 15.8. The molecule has 1 rings (SSSR count). The van der Waals surface area contributed by atoms with E-state index in [-0.39, 0.29) is 12.2 Å². The number of rotatable bonds is 2. The predicted octanol–water partition coefficient (Wildman–Crippen LogP) is 0.603. The lowest BCUT2D eigenvalue weighted by molar-refractivity contribution is -0.274. The Kier molecular flexibility index (Phi) is 2.89. The Bertz CT molecular complexity index is 343. The minimum Gasteiger partial charge on any atom is -0.400 e. The molecular weight excluding hydrogens is 213 g/mol. The molecule has 0 aliphatic heterocycles. The quantitative estimate of drug-likeness (QED) is 0.680. The molecule has 1 heterocycles. The van der Waals surface area contributed by atoms with Crippen LogP contribution in [-0.2, 0) is 6.54 Å². The van der Waals surface area contributed by atoms with E-state index >= 15 is 0 Å². The average molecular weight is 222 g/mol. The fraction of sp³-hybridized carbons (Fsp3) is 0.286. The third kappa shape index (κ3) is 2.88. The lowest BCUT2D eigenvalue weighted by Crippen LogP contribution is -2.20. The van der Waals surface area contributed by atoms with Gasteiger partial charge in [-0.3, -0.25) is 0 Å². The molecule has 5 nitrogen and oxygen atoms in total. The lowest BCUT2D eigenvalue weighted by atomic mass is 10.3. The molecule has 0 atom stereocenters. The molecule has 0 amide bonds. The predicted molar refractivity (Wildman–Crippen MR) is 47.6 cm³/mol. The summed E-state index contributed by atoms with van der Waals surface area (Å²) in [6.07, 6.45) is -4.85. The maximum absolute atomic E-state index is 11.9. The van der Waals surface area contributed by atoms with Crippen LogP contribution < -0.4 is 21.9 Å². The van der Waals surface area contributed by atoms with E-state index in [4.69, 9.17) is 17.2 Å². The summed E-state index contributed by atoms with van der Waals surface area (Å²) in [6.45, 7) is 0.0285. The Morgan fingerprint density at radius 1 is 1.33 bits per heavy atom. The number of hydrogen-bond acceptors (Lipinski definition) is 5. The number of alkyl halides is 3. The van der Waals surface area contributed by atoms with Gasteiger partial charge in [0.25, 0.3) is 0 Å². The van der Waals surface area contributed by atoms with Crippen molar-refractivity contribution in [1.29, 1.82) is 0 Å². The van der Waals surface area contributed by atoms with Crippen molar-refractivity contribution in [3.8, 4) is 5.75 Å². The van der Waals surface area contributed by atoms with Crippen LogP contribution in [0.3, 0.4) is 0 Å². The summed E-state index contributed by atoms with van der Waals surface area (Å²) >= 11 is 0. The molecule has 0 spiro atoms. The highest BCUT2D eigenvalue weighted by Gasteiger charge is 2.33. The van der Waals surface area contributed by atoms with Crippen molar-refractivity contribution in [3.05, 3.63) is 11.8 Å². The average Bonchev–Trinajstić information content (AvgIpc) is 2.09. The van der Waals surface area contributed by atoms with Crippen molar-refractivity contribution in [2.45, 2.75) is 12.9 Å². The molecule has 1 aromatic heterocycles. The number of aromatic nitrogens is 1. The van der Waals surface area contributed by atoms with Crippen LogP contribution in [0.15, 0.2) is 6.07 Å². The summed E-state index contributed by atoms with van der Waals surface area (Å²) in [4.78, 5) is 3.58. The molecule has 0 fully saturated rings. The van der Waals surface area contributed by atoms with E-state index in [0.29, 0.717) is 5.69 Å². The number of nitrogens with zero attached hydrogens (tertiary/aromatic N) is 1. The molecule has 0 bridgehead atoms. The molecule has 0 saturated heterocycles. The number of ether oxygens (including phenoxy) is 1. The van der Waals surface area contributed by atoms with E-state index in [2.05, 4.69) is 9.72 Å². The molecule has 0 aliphatic carbocycles. The molecule has 0 aliphatic rings. The first-order valence-electron chi connectivity index (χ1n) is 3.84. The number of pyridine rings is 1. The molecule has 0 saturated carbocycles. The first kappa shape index (κ1) is 11.4. The molecule has 0 unspecified atom stereocenters. The van der Waals surface area contributed by atoms with Gasteiger partial charge in [0, 0.05) is 6.54 Å². The van der Waals surface area contributed by atoms with Gasteiger partial charge in [-0.1, -0.05) is 0 Å². The highest BCUT2D eigenvalue weighted by Crippen LogP contribution is 2.32. The van der Waals surface area contributed by atoms with Crippen LogP contribution in [0.5, 0.6) is 5.75 Å². The minimum absolute atomic E-state index is 0.0285. The Hall–Kier alpha value is -1.70. The zero-order chi connectivity index (χ0) is 11.6. The van der Waals surface area contributed by atoms with E-state index in [0.717, 1.165) is 0 Å². The monoisotopic (exact) mass is 222 g/mol. The van der Waals surface area contributed by atoms with Crippen LogP contribution in [0, 0.1) is 0 Å². The smallest absolute Gasteiger partial charge is 0.400 e. The van der Waals surface area contributed by atoms with Gasteiger partial charge in [0.2, 0.25) is 0 Å². The lowest BCUT2D eigenvalue weighted by Gasteiger charge is -2.13. The second kappa shape index (κ2) is 3.81. The highest BCUT2D eigenvalue weighted by molar-refractivity contribution is 5.64. The van der Waals surface area contributed by atoms with Crippen LogP contribution in [0.25, 0.3) is 0 Å². The number of anilines is 2. The van der Waals surface area contributed by atoms with Gasteiger partial charge >= 0.3 is 6.36 Å². The largest absolute Gasteiger partial charge is 0.573 e. The first-order valence-corrected chi connectivity index (χ1v) is 3.84. The van der Waals surface area contributed by atoms with Crippen LogP contribution in [-0.4, -0.2) is 11.3 Å². The van der Waals surface area contributed by atoms with Crippen molar-refractivity contribution >= 4 is 11.5 Å². The van der Waals surface area contributed by atoms with Crippen LogP contribution in [0.1, 0.15) is 5.69 Å². The van der Waals surface area contributed by atoms with Gasteiger partial charge in [0.1, 0.15) is 0 Å². The van der Waals surface area contributed by atoms with E-state index < -0.39 is 17.9 Å². The molecule has 8 heteroatoms.